The van der Waals surface area contributed by atoms with E-state index >= 15 is 0 Å². The third-order valence-corrected chi connectivity index (χ3v) is 18.5. The predicted molar refractivity (Wildman–Crippen MR) is 312 cm³/mol. The highest BCUT2D eigenvalue weighted by Gasteiger charge is 2.54. The van der Waals surface area contributed by atoms with Crippen LogP contribution >= 0.6 is 11.3 Å². The molecular weight excluding hydrogens is 911 g/mol. The first-order chi connectivity index (χ1) is 36.2. The van der Waals surface area contributed by atoms with Crippen LogP contribution in [-0.2, 0) is 22.7 Å². The van der Waals surface area contributed by atoms with Crippen LogP contribution in [-0.4, -0.2) is 0 Å². The van der Waals surface area contributed by atoms with Crippen LogP contribution in [0, 0.1) is 0 Å². The maximum atomic E-state index is 2.59. The van der Waals surface area contributed by atoms with Gasteiger partial charge >= 0.3 is 0 Å². The van der Waals surface area contributed by atoms with Gasteiger partial charge in [0.15, 0.2) is 0 Å². The first kappa shape index (κ1) is 43.3. The summed E-state index contributed by atoms with van der Waals surface area (Å²) in [6, 6.07) is 87.4. The summed E-state index contributed by atoms with van der Waals surface area (Å²) in [7, 11) is 0. The molecule has 0 N–H and O–H groups in total. The molecule has 2 heteroatoms. The summed E-state index contributed by atoms with van der Waals surface area (Å²) in [5.74, 6) is 0. The topological polar surface area (TPSA) is 3.24 Å². The fraction of sp³-hybridized carbons (Fsp3) is 0.111. The van der Waals surface area contributed by atoms with E-state index < -0.39 is 5.41 Å². The summed E-state index contributed by atoms with van der Waals surface area (Å²) in [5, 5.41) is 1.34. The molecule has 1 nitrogen and oxygen atoms in total. The van der Waals surface area contributed by atoms with Gasteiger partial charge in [0.1, 0.15) is 0 Å². The molecule has 4 aliphatic rings. The Bertz CT molecular complexity index is 4170. The van der Waals surface area contributed by atoms with Crippen molar-refractivity contribution in [2.45, 2.75) is 50.4 Å². The van der Waals surface area contributed by atoms with E-state index in [1.54, 1.807) is 0 Å². The highest BCUT2D eigenvalue weighted by molar-refractivity contribution is 7.22. The van der Waals surface area contributed by atoms with E-state index in [2.05, 4.69) is 269 Å². The van der Waals surface area contributed by atoms with Crippen LogP contribution in [0.25, 0.3) is 65.6 Å². The highest BCUT2D eigenvalue weighted by atomic mass is 32.1. The molecule has 1 unspecified atom stereocenters. The van der Waals surface area contributed by atoms with Crippen LogP contribution in [0.1, 0.15) is 88.9 Å². The molecule has 74 heavy (non-hydrogen) atoms. The van der Waals surface area contributed by atoms with Gasteiger partial charge in [-0.15, -0.1) is 11.3 Å². The van der Waals surface area contributed by atoms with E-state index in [0.717, 1.165) is 23.5 Å². The number of allylic oxidation sites excluding steroid dienone is 1. The first-order valence-electron chi connectivity index (χ1n) is 26.2. The van der Waals surface area contributed by atoms with Crippen LogP contribution in [0.15, 0.2) is 231 Å². The SMILES string of the molecule is CC1(C)c2ccccc2-c2ccc(/C=C(/Cc3ccc4c(c3)C3(c5ccccc5-4)c4cc(N(c5ccccc5)c5ccc6c(c5)C(C)(C)c5ccccc5-6)ccc4-c4sc5ccccc5c43)c3ccccc3)cc21. The zero-order chi connectivity index (χ0) is 49.5. The zero-order valence-electron chi connectivity index (χ0n) is 42.1. The van der Waals surface area contributed by atoms with E-state index in [9.17, 15) is 0 Å². The van der Waals surface area contributed by atoms with Gasteiger partial charge in [-0.3, -0.25) is 0 Å². The zero-order valence-corrected chi connectivity index (χ0v) is 42.9. The Kier molecular flexibility index (Phi) is 9.27. The molecule has 15 rings (SSSR count). The number of anilines is 3. The standard InChI is InChI=1S/C72H53NS/c1-70(2)60-27-15-11-23-52(60)55-35-31-45(41-63(55)70)39-48(47-19-7-5-8-20-47)40-46-32-36-57-54-25-13-17-29-62(54)72(65(57)42-46)66-44-51(34-38-58(66)69-68(72)59-26-14-18-30-67(59)74-69)73(49-21-9-6-10-22-49)50-33-37-56-53-24-12-16-28-61(53)71(3,4)64(56)43-50/h5-39,41-44H,40H2,1-4H3/b48-39-. The summed E-state index contributed by atoms with van der Waals surface area (Å²) in [5.41, 5.74) is 28.1. The second-order valence-corrected chi connectivity index (χ2v) is 23.0. The maximum Gasteiger partial charge on any atom is 0.0741 e. The summed E-state index contributed by atoms with van der Waals surface area (Å²) < 4.78 is 1.33. The summed E-state index contributed by atoms with van der Waals surface area (Å²) in [4.78, 5) is 3.86. The molecule has 1 heterocycles. The van der Waals surface area contributed by atoms with Crippen LogP contribution in [0.2, 0.25) is 0 Å². The van der Waals surface area contributed by atoms with Gasteiger partial charge in [-0.2, -0.15) is 0 Å². The molecule has 1 spiro atoms. The van der Waals surface area contributed by atoms with Gasteiger partial charge in [0, 0.05) is 37.5 Å². The van der Waals surface area contributed by atoms with Gasteiger partial charge in [-0.05, 0) is 160 Å². The molecule has 352 valence electrons. The van der Waals surface area contributed by atoms with Gasteiger partial charge < -0.3 is 4.90 Å². The number of nitrogens with zero attached hydrogens (tertiary/aromatic N) is 1. The molecule has 10 aromatic carbocycles. The van der Waals surface area contributed by atoms with Crippen LogP contribution in [0.5, 0.6) is 0 Å². The average Bonchev–Trinajstić information content (AvgIpc) is 4.19. The quantitative estimate of drug-likeness (QED) is 0.144. The Balaban J connectivity index is 0.922. The third-order valence-electron chi connectivity index (χ3n) is 17.3. The van der Waals surface area contributed by atoms with Gasteiger partial charge in [0.05, 0.1) is 5.41 Å². The molecule has 0 bridgehead atoms. The summed E-state index contributed by atoms with van der Waals surface area (Å²) in [6.07, 6.45) is 3.24. The Labute approximate surface area is 438 Å². The Morgan fingerprint density at radius 2 is 0.905 bits per heavy atom. The Hall–Kier alpha value is -8.30. The lowest BCUT2D eigenvalue weighted by molar-refractivity contribution is 0.660. The second-order valence-electron chi connectivity index (χ2n) is 22.0. The molecular formula is C72H53NS. The molecule has 0 saturated heterocycles. The fourth-order valence-corrected chi connectivity index (χ4v) is 15.2. The van der Waals surface area contributed by atoms with E-state index in [-0.39, 0.29) is 10.8 Å². The summed E-state index contributed by atoms with van der Waals surface area (Å²) >= 11 is 1.95. The smallest absolute Gasteiger partial charge is 0.0741 e. The lowest BCUT2D eigenvalue weighted by Crippen LogP contribution is -2.26. The lowest BCUT2D eigenvalue weighted by atomic mass is 9.69. The van der Waals surface area contributed by atoms with Crippen LogP contribution < -0.4 is 4.90 Å². The number of thiophene rings is 1. The maximum absolute atomic E-state index is 2.59. The molecule has 4 aliphatic carbocycles. The number of fused-ring (bicyclic) bond motifs is 18. The van der Waals surface area contributed by atoms with Crippen molar-refractivity contribution in [3.8, 4) is 43.8 Å². The third kappa shape index (κ3) is 6.04. The average molecular weight is 964 g/mol. The number of benzene rings is 10. The molecule has 1 aromatic heterocycles. The molecule has 0 radical (unpaired) electrons. The number of hydrogen-bond acceptors (Lipinski definition) is 2. The highest BCUT2D eigenvalue weighted by Crippen LogP contribution is 2.67. The minimum atomic E-state index is -0.552. The van der Waals surface area contributed by atoms with Gasteiger partial charge in [-0.1, -0.05) is 222 Å². The predicted octanol–water partition coefficient (Wildman–Crippen LogP) is 19.1. The van der Waals surface area contributed by atoms with Crippen molar-refractivity contribution in [2.75, 3.05) is 4.90 Å². The van der Waals surface area contributed by atoms with Gasteiger partial charge in [0.25, 0.3) is 0 Å². The fourth-order valence-electron chi connectivity index (χ4n) is 13.9. The number of hydrogen-bond donors (Lipinski definition) is 0. The minimum Gasteiger partial charge on any atom is -0.310 e. The Morgan fingerprint density at radius 1 is 0.405 bits per heavy atom. The van der Waals surface area contributed by atoms with Crippen molar-refractivity contribution in [1.82, 2.24) is 0 Å². The molecule has 0 aliphatic heterocycles. The summed E-state index contributed by atoms with van der Waals surface area (Å²) in [6.45, 7) is 9.51. The molecule has 11 aromatic rings. The molecule has 0 fully saturated rings. The van der Waals surface area contributed by atoms with Crippen molar-refractivity contribution in [2.24, 2.45) is 0 Å². The van der Waals surface area contributed by atoms with Crippen molar-refractivity contribution in [3.05, 3.63) is 292 Å². The monoisotopic (exact) mass is 963 g/mol. The van der Waals surface area contributed by atoms with Crippen LogP contribution in [0.3, 0.4) is 0 Å². The molecule has 1 atom stereocenters. The van der Waals surface area contributed by atoms with Crippen molar-refractivity contribution >= 4 is 50.1 Å². The number of para-hydroxylation sites is 1. The Morgan fingerprint density at radius 3 is 1.61 bits per heavy atom. The number of rotatable bonds is 7. The van der Waals surface area contributed by atoms with Gasteiger partial charge in [-0.25, -0.2) is 0 Å². The van der Waals surface area contributed by atoms with Crippen molar-refractivity contribution < 1.29 is 0 Å². The van der Waals surface area contributed by atoms with Crippen LogP contribution in [0.4, 0.5) is 17.1 Å². The normalized spacial score (nSPS) is 16.5. The second kappa shape index (κ2) is 15.8. The van der Waals surface area contributed by atoms with Gasteiger partial charge in [0.2, 0.25) is 0 Å². The lowest BCUT2D eigenvalue weighted by Gasteiger charge is -2.33. The van der Waals surface area contributed by atoms with E-state index in [1.165, 1.54) is 121 Å². The van der Waals surface area contributed by atoms with E-state index in [0.29, 0.717) is 0 Å². The van der Waals surface area contributed by atoms with Crippen molar-refractivity contribution in [1.29, 1.82) is 0 Å². The van der Waals surface area contributed by atoms with E-state index in [4.69, 9.17) is 0 Å². The molecule has 0 amide bonds. The van der Waals surface area contributed by atoms with E-state index in [1.807, 2.05) is 11.3 Å². The largest absolute Gasteiger partial charge is 0.310 e. The van der Waals surface area contributed by atoms with Crippen molar-refractivity contribution in [3.63, 3.8) is 0 Å². The minimum absolute atomic E-state index is 0.0725. The molecule has 0 saturated carbocycles. The first-order valence-corrected chi connectivity index (χ1v) is 27.0.